The van der Waals surface area contributed by atoms with Gasteiger partial charge in [0.25, 0.3) is 0 Å². The van der Waals surface area contributed by atoms with Gasteiger partial charge in [-0.25, -0.2) is 0 Å². The molecule has 5 aromatic carbocycles. The van der Waals surface area contributed by atoms with E-state index in [2.05, 4.69) is 92.6 Å². The summed E-state index contributed by atoms with van der Waals surface area (Å²) in [6, 6.07) is 44.3. The maximum atomic E-state index is 6.34. The van der Waals surface area contributed by atoms with E-state index in [4.69, 9.17) is 17.7 Å². The second-order valence-electron chi connectivity index (χ2n) is 12.6. The molecular weight excluding hydrogens is 610 g/mol. The molecule has 0 bridgehead atoms. The van der Waals surface area contributed by atoms with Crippen molar-refractivity contribution in [2.24, 2.45) is 0 Å². The lowest BCUT2D eigenvalue weighted by atomic mass is 10.1. The molecule has 49 heavy (non-hydrogen) atoms. The van der Waals surface area contributed by atoms with Crippen molar-refractivity contribution in [2.45, 2.75) is 0 Å². The van der Waals surface area contributed by atoms with E-state index in [0.717, 1.165) is 105 Å². The Labute approximate surface area is 275 Å². The van der Waals surface area contributed by atoms with Crippen LogP contribution in [0.2, 0.25) is 0 Å². The van der Waals surface area contributed by atoms with Crippen LogP contribution in [-0.4, -0.2) is 13.7 Å². The van der Waals surface area contributed by atoms with Gasteiger partial charge in [-0.2, -0.15) is 0 Å². The third-order valence-electron chi connectivity index (χ3n) is 10.0. The van der Waals surface area contributed by atoms with Gasteiger partial charge in [-0.05, 0) is 60.7 Å². The highest BCUT2D eigenvalue weighted by molar-refractivity contribution is 6.17. The van der Waals surface area contributed by atoms with E-state index in [1.807, 2.05) is 48.5 Å². The van der Waals surface area contributed by atoms with Gasteiger partial charge in [0, 0.05) is 50.7 Å². The number of furan rings is 4. The first-order valence-electron chi connectivity index (χ1n) is 16.2. The lowest BCUT2D eigenvalue weighted by Gasteiger charge is -2.11. The van der Waals surface area contributed by atoms with Gasteiger partial charge in [-0.1, -0.05) is 54.6 Å². The van der Waals surface area contributed by atoms with Crippen LogP contribution in [0.3, 0.4) is 0 Å². The Bertz CT molecular complexity index is 3080. The zero-order valence-corrected chi connectivity index (χ0v) is 25.8. The first-order valence-corrected chi connectivity index (χ1v) is 16.2. The van der Waals surface area contributed by atoms with Crippen molar-refractivity contribution in [3.63, 3.8) is 0 Å². The minimum atomic E-state index is 0.745. The van der Waals surface area contributed by atoms with Crippen LogP contribution in [0.15, 0.2) is 158 Å². The van der Waals surface area contributed by atoms with E-state index < -0.39 is 0 Å². The maximum Gasteiger partial charge on any atom is 0.196 e. The van der Waals surface area contributed by atoms with Crippen molar-refractivity contribution in [1.29, 1.82) is 0 Å². The molecule has 0 atom stereocenters. The van der Waals surface area contributed by atoms with Crippen LogP contribution >= 0.6 is 0 Å². The average molecular weight is 634 g/mol. The fourth-order valence-corrected chi connectivity index (χ4v) is 8.02. The van der Waals surface area contributed by atoms with Crippen molar-refractivity contribution in [1.82, 2.24) is 13.7 Å². The SMILES string of the molecule is c1ccc(-n2c3cc(-n4c5ccoc5c5oc6ccccc6c54)ccc3c3ccc(-n4c5ccoc5c5oc6ccccc6c54)cc32)cc1. The Hall–Kier alpha value is -6.86. The van der Waals surface area contributed by atoms with Gasteiger partial charge in [0.1, 0.15) is 22.2 Å². The van der Waals surface area contributed by atoms with E-state index in [9.17, 15) is 0 Å². The highest BCUT2D eigenvalue weighted by Gasteiger charge is 2.24. The van der Waals surface area contributed by atoms with E-state index in [0.29, 0.717) is 0 Å². The minimum Gasteiger partial charge on any atom is -0.459 e. The van der Waals surface area contributed by atoms with Crippen molar-refractivity contribution in [3.8, 4) is 17.1 Å². The smallest absolute Gasteiger partial charge is 0.196 e. The summed E-state index contributed by atoms with van der Waals surface area (Å²) in [5.74, 6) is 0. The molecule has 0 radical (unpaired) electrons. The van der Waals surface area contributed by atoms with Crippen molar-refractivity contribution < 1.29 is 17.7 Å². The molecule has 0 spiro atoms. The molecular formula is C42H23N3O4. The number of nitrogens with zero attached hydrogens (tertiary/aromatic N) is 3. The van der Waals surface area contributed by atoms with E-state index in [1.165, 1.54) is 0 Å². The predicted molar refractivity (Wildman–Crippen MR) is 194 cm³/mol. The highest BCUT2D eigenvalue weighted by atomic mass is 16.4. The average Bonchev–Trinajstić information content (AvgIpc) is 3.99. The van der Waals surface area contributed by atoms with Crippen LogP contribution in [0, 0.1) is 0 Å². The van der Waals surface area contributed by atoms with Gasteiger partial charge in [-0.15, -0.1) is 0 Å². The summed E-state index contributed by atoms with van der Waals surface area (Å²) in [5, 5.41) is 4.43. The summed E-state index contributed by atoms with van der Waals surface area (Å²) >= 11 is 0. The van der Waals surface area contributed by atoms with Crippen LogP contribution in [0.5, 0.6) is 0 Å². The summed E-state index contributed by atoms with van der Waals surface area (Å²) in [7, 11) is 0. The van der Waals surface area contributed by atoms with Crippen molar-refractivity contribution >= 4 is 88.1 Å². The van der Waals surface area contributed by atoms with Gasteiger partial charge in [0.05, 0.1) is 34.6 Å². The lowest BCUT2D eigenvalue weighted by Crippen LogP contribution is -1.97. The van der Waals surface area contributed by atoms with Crippen LogP contribution in [-0.2, 0) is 0 Å². The molecule has 12 rings (SSSR count). The van der Waals surface area contributed by atoms with Gasteiger partial charge >= 0.3 is 0 Å². The standard InChI is InChI=1S/C42H23N3O4/c1-2-8-24(9-3-1)43-33-22-25(44-31-18-20-46-39(31)41-37(44)29-10-4-6-12-35(29)48-41)14-16-27(33)28-17-15-26(23-34(28)43)45-32-19-21-47-40(32)42-38(45)30-11-5-7-13-36(30)49-42/h1-23H. The topological polar surface area (TPSA) is 67.3 Å². The quantitative estimate of drug-likeness (QED) is 0.194. The summed E-state index contributed by atoms with van der Waals surface area (Å²) in [6.07, 6.45) is 3.46. The zero-order valence-electron chi connectivity index (χ0n) is 25.8. The molecule has 230 valence electrons. The van der Waals surface area contributed by atoms with Crippen LogP contribution in [0.25, 0.3) is 105 Å². The fraction of sp³-hybridized carbons (Fsp3) is 0. The largest absolute Gasteiger partial charge is 0.459 e. The molecule has 0 aliphatic rings. The Balaban J connectivity index is 1.18. The molecule has 0 saturated carbocycles. The molecule has 7 heteroatoms. The van der Waals surface area contributed by atoms with E-state index in [-0.39, 0.29) is 0 Å². The molecule has 0 aliphatic heterocycles. The molecule has 7 aromatic heterocycles. The minimum absolute atomic E-state index is 0.745. The van der Waals surface area contributed by atoms with Gasteiger partial charge in [0.15, 0.2) is 22.3 Å². The normalized spacial score (nSPS) is 12.5. The van der Waals surface area contributed by atoms with Crippen LogP contribution in [0.1, 0.15) is 0 Å². The highest BCUT2D eigenvalue weighted by Crippen LogP contribution is 2.43. The summed E-state index contributed by atoms with van der Waals surface area (Å²) in [6.45, 7) is 0. The molecule has 7 heterocycles. The first kappa shape index (κ1) is 25.3. The number of fused-ring (bicyclic) bond motifs is 13. The Kier molecular flexibility index (Phi) is 4.60. The third-order valence-corrected chi connectivity index (χ3v) is 10.0. The molecule has 0 amide bonds. The maximum absolute atomic E-state index is 6.34. The summed E-state index contributed by atoms with van der Waals surface area (Å²) in [5.41, 5.74) is 13.9. The summed E-state index contributed by atoms with van der Waals surface area (Å²) in [4.78, 5) is 0. The van der Waals surface area contributed by atoms with E-state index >= 15 is 0 Å². The monoisotopic (exact) mass is 633 g/mol. The van der Waals surface area contributed by atoms with Crippen LogP contribution in [0.4, 0.5) is 0 Å². The second kappa shape index (κ2) is 8.93. The Morgan fingerprint density at radius 1 is 0.347 bits per heavy atom. The van der Waals surface area contributed by atoms with Crippen molar-refractivity contribution in [2.75, 3.05) is 0 Å². The lowest BCUT2D eigenvalue weighted by molar-refractivity contribution is 0.600. The third kappa shape index (κ3) is 3.16. The molecule has 7 nitrogen and oxygen atoms in total. The predicted octanol–water partition coefficient (Wildman–Crippen LogP) is 11.7. The molecule has 0 unspecified atom stereocenters. The van der Waals surface area contributed by atoms with Crippen LogP contribution < -0.4 is 0 Å². The van der Waals surface area contributed by atoms with Crippen molar-refractivity contribution in [3.05, 3.63) is 140 Å². The fourth-order valence-electron chi connectivity index (χ4n) is 8.02. The molecule has 0 aliphatic carbocycles. The van der Waals surface area contributed by atoms with Gasteiger partial charge < -0.3 is 31.4 Å². The van der Waals surface area contributed by atoms with Gasteiger partial charge in [-0.3, -0.25) is 0 Å². The second-order valence-corrected chi connectivity index (χ2v) is 12.6. The number of hydrogen-bond acceptors (Lipinski definition) is 4. The number of aromatic nitrogens is 3. The number of para-hydroxylation sites is 3. The molecule has 12 aromatic rings. The Morgan fingerprint density at radius 2 is 0.837 bits per heavy atom. The number of rotatable bonds is 3. The first-order chi connectivity index (χ1) is 24.3. The molecule has 0 saturated heterocycles. The molecule has 0 fully saturated rings. The number of benzene rings is 5. The summed E-state index contributed by atoms with van der Waals surface area (Å²) < 4.78 is 31.5. The van der Waals surface area contributed by atoms with E-state index in [1.54, 1.807) is 12.5 Å². The Morgan fingerprint density at radius 3 is 1.37 bits per heavy atom. The molecule has 0 N–H and O–H groups in total. The number of hydrogen-bond donors (Lipinski definition) is 0. The van der Waals surface area contributed by atoms with Gasteiger partial charge in [0.2, 0.25) is 0 Å². The zero-order chi connectivity index (χ0) is 31.8.